The van der Waals surface area contributed by atoms with Crippen molar-refractivity contribution >= 4 is 45.6 Å². The van der Waals surface area contributed by atoms with Gasteiger partial charge in [-0.05, 0) is 48.4 Å². The number of nitrogens with one attached hydrogen (secondary N) is 2. The minimum atomic E-state index is -0.247. The largest absolute Gasteiger partial charge is 0.326 e. The lowest BCUT2D eigenvalue weighted by Gasteiger charge is -2.04. The zero-order chi connectivity index (χ0) is 19.4. The summed E-state index contributed by atoms with van der Waals surface area (Å²) in [5.74, 6) is -0.402. The Kier molecular flexibility index (Phi) is 5.88. The predicted octanol–water partition coefficient (Wildman–Crippen LogP) is 4.91. The standard InChI is InChI=1S/C20H18ClN3O2S/c1-12-3-4-14(10-18(12)21)9-17-11-22-20(27-17)24-19(26)15-5-7-16(8-6-15)23-13(2)25/h3-8,10-11H,9H2,1-2H3,(H,23,25)(H,22,24,26). The number of thiazole rings is 1. The third kappa shape index (κ3) is 5.15. The molecule has 0 fully saturated rings. The zero-order valence-electron chi connectivity index (χ0n) is 14.9. The topological polar surface area (TPSA) is 71.1 Å². The van der Waals surface area contributed by atoms with Crippen LogP contribution in [0.25, 0.3) is 0 Å². The molecule has 138 valence electrons. The molecule has 7 heteroatoms. The molecule has 3 rings (SSSR count). The van der Waals surface area contributed by atoms with Crippen LogP contribution in [-0.2, 0) is 11.2 Å². The first kappa shape index (κ1) is 19.1. The van der Waals surface area contributed by atoms with Gasteiger partial charge in [0.05, 0.1) is 0 Å². The SMILES string of the molecule is CC(=O)Nc1ccc(C(=O)Nc2ncc(Cc3ccc(C)c(Cl)c3)s2)cc1. The monoisotopic (exact) mass is 399 g/mol. The van der Waals surface area contributed by atoms with Crippen LogP contribution in [0.15, 0.2) is 48.7 Å². The van der Waals surface area contributed by atoms with Crippen LogP contribution in [0.1, 0.15) is 33.3 Å². The maximum Gasteiger partial charge on any atom is 0.257 e. The Morgan fingerprint density at radius 2 is 1.85 bits per heavy atom. The summed E-state index contributed by atoms with van der Waals surface area (Å²) in [7, 11) is 0. The van der Waals surface area contributed by atoms with E-state index in [0.717, 1.165) is 21.0 Å². The molecular formula is C20H18ClN3O2S. The van der Waals surface area contributed by atoms with E-state index in [9.17, 15) is 9.59 Å². The first-order valence-electron chi connectivity index (χ1n) is 8.29. The molecule has 2 amide bonds. The average Bonchev–Trinajstić information content (AvgIpc) is 3.05. The number of hydrogen-bond acceptors (Lipinski definition) is 4. The molecule has 3 aromatic rings. The summed E-state index contributed by atoms with van der Waals surface area (Å²) in [5, 5.41) is 6.75. The number of halogens is 1. The molecule has 2 N–H and O–H groups in total. The van der Waals surface area contributed by atoms with Gasteiger partial charge in [0.15, 0.2) is 5.13 Å². The Balaban J connectivity index is 1.63. The number of carbonyl (C=O) groups excluding carboxylic acids is 2. The summed E-state index contributed by atoms with van der Waals surface area (Å²) < 4.78 is 0. The number of benzene rings is 2. The van der Waals surface area contributed by atoms with Crippen LogP contribution in [0.3, 0.4) is 0 Å². The molecule has 0 atom stereocenters. The molecule has 0 spiro atoms. The van der Waals surface area contributed by atoms with E-state index in [-0.39, 0.29) is 11.8 Å². The fourth-order valence-corrected chi connectivity index (χ4v) is 3.52. The summed E-state index contributed by atoms with van der Waals surface area (Å²) in [6, 6.07) is 12.7. The molecule has 27 heavy (non-hydrogen) atoms. The maximum absolute atomic E-state index is 12.3. The van der Waals surface area contributed by atoms with Crippen molar-refractivity contribution in [3.8, 4) is 0 Å². The highest BCUT2D eigenvalue weighted by Crippen LogP contribution is 2.24. The lowest BCUT2D eigenvalue weighted by molar-refractivity contribution is -0.114. The molecular weight excluding hydrogens is 382 g/mol. The molecule has 1 heterocycles. The number of carbonyl (C=O) groups is 2. The van der Waals surface area contributed by atoms with E-state index in [1.165, 1.54) is 18.3 Å². The molecule has 0 unspecified atom stereocenters. The minimum Gasteiger partial charge on any atom is -0.326 e. The molecule has 1 aromatic heterocycles. The van der Waals surface area contributed by atoms with Gasteiger partial charge in [-0.15, -0.1) is 11.3 Å². The molecule has 0 aliphatic heterocycles. The smallest absolute Gasteiger partial charge is 0.257 e. The Morgan fingerprint density at radius 3 is 2.52 bits per heavy atom. The highest BCUT2D eigenvalue weighted by atomic mass is 35.5. The molecule has 0 radical (unpaired) electrons. The third-order valence-electron chi connectivity index (χ3n) is 3.86. The normalized spacial score (nSPS) is 10.5. The summed E-state index contributed by atoms with van der Waals surface area (Å²) in [5.41, 5.74) is 3.28. The number of anilines is 2. The number of rotatable bonds is 5. The second-order valence-corrected chi connectivity index (χ2v) is 7.63. The van der Waals surface area contributed by atoms with Gasteiger partial charge in [0.1, 0.15) is 0 Å². The molecule has 0 saturated carbocycles. The van der Waals surface area contributed by atoms with Crippen LogP contribution in [-0.4, -0.2) is 16.8 Å². The van der Waals surface area contributed by atoms with Crippen LogP contribution < -0.4 is 10.6 Å². The van der Waals surface area contributed by atoms with Crippen LogP contribution in [0, 0.1) is 6.92 Å². The van der Waals surface area contributed by atoms with Crippen LogP contribution in [0.4, 0.5) is 10.8 Å². The fraction of sp³-hybridized carbons (Fsp3) is 0.150. The molecule has 5 nitrogen and oxygen atoms in total. The minimum absolute atomic E-state index is 0.155. The van der Waals surface area contributed by atoms with Gasteiger partial charge in [-0.2, -0.15) is 0 Å². The number of nitrogens with zero attached hydrogens (tertiary/aromatic N) is 1. The van der Waals surface area contributed by atoms with E-state index < -0.39 is 0 Å². The maximum atomic E-state index is 12.3. The van der Waals surface area contributed by atoms with Gasteiger partial charge in [-0.3, -0.25) is 14.9 Å². The van der Waals surface area contributed by atoms with E-state index in [1.54, 1.807) is 30.5 Å². The van der Waals surface area contributed by atoms with Gasteiger partial charge in [0.2, 0.25) is 5.91 Å². The van der Waals surface area contributed by atoms with Gasteiger partial charge in [0.25, 0.3) is 5.91 Å². The van der Waals surface area contributed by atoms with Gasteiger partial charge in [-0.25, -0.2) is 4.98 Å². The summed E-state index contributed by atoms with van der Waals surface area (Å²) >= 11 is 7.60. The van der Waals surface area contributed by atoms with Gasteiger partial charge < -0.3 is 5.32 Å². The van der Waals surface area contributed by atoms with Gasteiger partial charge >= 0.3 is 0 Å². The van der Waals surface area contributed by atoms with Crippen molar-refractivity contribution in [1.82, 2.24) is 4.98 Å². The number of hydrogen-bond donors (Lipinski definition) is 2. The van der Waals surface area contributed by atoms with Crippen molar-refractivity contribution in [2.24, 2.45) is 0 Å². The van der Waals surface area contributed by atoms with E-state index in [4.69, 9.17) is 11.6 Å². The lowest BCUT2D eigenvalue weighted by Crippen LogP contribution is -2.12. The Bertz CT molecular complexity index is 983. The number of aromatic nitrogens is 1. The van der Waals surface area contributed by atoms with E-state index in [0.29, 0.717) is 22.8 Å². The molecule has 0 bridgehead atoms. The van der Waals surface area contributed by atoms with E-state index in [2.05, 4.69) is 15.6 Å². The third-order valence-corrected chi connectivity index (χ3v) is 5.18. The second kappa shape index (κ2) is 8.33. The van der Waals surface area contributed by atoms with Crippen molar-refractivity contribution in [2.45, 2.75) is 20.3 Å². The first-order chi connectivity index (χ1) is 12.9. The molecule has 0 aliphatic carbocycles. The average molecular weight is 400 g/mol. The fourth-order valence-electron chi connectivity index (χ4n) is 2.47. The van der Waals surface area contributed by atoms with Crippen LogP contribution in [0.2, 0.25) is 5.02 Å². The summed E-state index contributed by atoms with van der Waals surface area (Å²) in [4.78, 5) is 28.7. The quantitative estimate of drug-likeness (QED) is 0.640. The highest BCUT2D eigenvalue weighted by molar-refractivity contribution is 7.15. The van der Waals surface area contributed by atoms with Gasteiger partial charge in [0, 0.05) is 40.7 Å². The lowest BCUT2D eigenvalue weighted by atomic mass is 10.1. The molecule has 2 aromatic carbocycles. The van der Waals surface area contributed by atoms with E-state index in [1.807, 2.05) is 25.1 Å². The summed E-state index contributed by atoms with van der Waals surface area (Å²) in [6.45, 7) is 3.40. The molecule has 0 saturated heterocycles. The van der Waals surface area contributed by atoms with Crippen molar-refractivity contribution in [2.75, 3.05) is 10.6 Å². The predicted molar refractivity (Wildman–Crippen MR) is 110 cm³/mol. The Hall–Kier alpha value is -2.70. The van der Waals surface area contributed by atoms with Crippen molar-refractivity contribution in [3.05, 3.63) is 75.3 Å². The molecule has 0 aliphatic rings. The Morgan fingerprint density at radius 1 is 1.11 bits per heavy atom. The number of aryl methyl sites for hydroxylation is 1. The van der Waals surface area contributed by atoms with Crippen LogP contribution in [0.5, 0.6) is 0 Å². The highest BCUT2D eigenvalue weighted by Gasteiger charge is 2.10. The van der Waals surface area contributed by atoms with Crippen molar-refractivity contribution < 1.29 is 9.59 Å². The summed E-state index contributed by atoms with van der Waals surface area (Å²) in [6.07, 6.45) is 2.47. The van der Waals surface area contributed by atoms with Crippen molar-refractivity contribution in [1.29, 1.82) is 0 Å². The van der Waals surface area contributed by atoms with E-state index >= 15 is 0 Å². The van der Waals surface area contributed by atoms with Crippen LogP contribution >= 0.6 is 22.9 Å². The zero-order valence-corrected chi connectivity index (χ0v) is 16.4. The first-order valence-corrected chi connectivity index (χ1v) is 9.49. The van der Waals surface area contributed by atoms with Gasteiger partial charge in [-0.1, -0.05) is 23.7 Å². The second-order valence-electron chi connectivity index (χ2n) is 6.10. The number of amides is 2. The Labute approximate surface area is 166 Å². The van der Waals surface area contributed by atoms with Crippen molar-refractivity contribution in [3.63, 3.8) is 0 Å².